The lowest BCUT2D eigenvalue weighted by Crippen LogP contribution is -2.55. The maximum absolute atomic E-state index is 12.5. The number of carbonyl (C=O) groups excluding carboxylic acids is 3. The number of hydrogen-bond acceptors (Lipinski definition) is 7. The first-order valence-corrected chi connectivity index (χ1v) is 16.5. The molecule has 0 aromatic rings. The van der Waals surface area contributed by atoms with E-state index in [0.717, 1.165) is 44.9 Å². The molecule has 8 nitrogen and oxygen atoms in total. The molecule has 0 rings (SSSR count). The third-order valence-corrected chi connectivity index (χ3v) is 6.62. The highest BCUT2D eigenvalue weighted by Gasteiger charge is 2.25. The molecule has 0 amide bonds. The molecule has 2 unspecified atom stereocenters. The number of aliphatic carboxylic acids is 1. The van der Waals surface area contributed by atoms with Gasteiger partial charge in [0.1, 0.15) is 12.6 Å². The van der Waals surface area contributed by atoms with Gasteiger partial charge in [-0.05, 0) is 57.8 Å². The summed E-state index contributed by atoms with van der Waals surface area (Å²) in [6, 6.07) is -0.745. The molecule has 0 saturated carbocycles. The highest BCUT2D eigenvalue weighted by molar-refractivity contribution is 5.71. The van der Waals surface area contributed by atoms with E-state index in [-0.39, 0.29) is 49.5 Å². The van der Waals surface area contributed by atoms with Crippen molar-refractivity contribution in [1.82, 2.24) is 0 Å². The number of unbranched alkanes of at least 4 members (excludes halogenated alkanes) is 2. The van der Waals surface area contributed by atoms with Gasteiger partial charge in [-0.25, -0.2) is 0 Å². The summed E-state index contributed by atoms with van der Waals surface area (Å²) in [6.07, 6.45) is 32.7. The quantitative estimate of drug-likeness (QED) is 0.0452. The second kappa shape index (κ2) is 28.3. The van der Waals surface area contributed by atoms with Crippen LogP contribution in [0, 0.1) is 0 Å². The predicted octanol–water partition coefficient (Wildman–Crippen LogP) is 6.34. The highest BCUT2D eigenvalue weighted by Crippen LogP contribution is 2.09. The minimum atomic E-state index is -1.15. The molecule has 254 valence electrons. The maximum atomic E-state index is 12.5. The number of carbonyl (C=O) groups is 3. The van der Waals surface area contributed by atoms with Crippen LogP contribution in [0.15, 0.2) is 72.9 Å². The largest absolute Gasteiger partial charge is 0.544 e. The predicted molar refractivity (Wildman–Crippen MR) is 180 cm³/mol. The lowest BCUT2D eigenvalue weighted by molar-refractivity contribution is -0.889. The number of carboxylic acid groups (broad SMARTS) is 1. The van der Waals surface area contributed by atoms with Gasteiger partial charge in [0.2, 0.25) is 0 Å². The van der Waals surface area contributed by atoms with Crippen molar-refractivity contribution in [3.05, 3.63) is 72.9 Å². The lowest BCUT2D eigenvalue weighted by Gasteiger charge is -2.34. The van der Waals surface area contributed by atoms with Gasteiger partial charge in [-0.15, -0.1) is 0 Å². The number of ether oxygens (including phenoxy) is 3. The Kier molecular flexibility index (Phi) is 26.2. The number of nitrogens with zero attached hydrogens (tertiary/aromatic N) is 1. The van der Waals surface area contributed by atoms with E-state index < -0.39 is 24.1 Å². The summed E-state index contributed by atoms with van der Waals surface area (Å²) < 4.78 is 16.8. The van der Waals surface area contributed by atoms with Gasteiger partial charge in [-0.2, -0.15) is 0 Å². The fourth-order valence-corrected chi connectivity index (χ4v) is 4.09. The van der Waals surface area contributed by atoms with Gasteiger partial charge >= 0.3 is 11.9 Å². The van der Waals surface area contributed by atoms with Crippen molar-refractivity contribution in [2.45, 2.75) is 103 Å². The molecule has 0 fully saturated rings. The standard InChI is InChI=1S/C37H59NO7/c1-6-8-10-12-14-16-17-18-20-21-23-25-27-35(39)44-32-33(31-43-30-29-34(37(41)42)38(3,4)5)45-36(40)28-26-24-22-19-15-13-11-9-7-2/h8-11,14-16,18-20,24,26,33-34H,6-7,12-13,17,21-23,25,27-32H2,1-5H3/b10-8+,11-9+,16-14+,19-15+,20-18+,26-24+. The average molecular weight is 630 g/mol. The topological polar surface area (TPSA) is 102 Å². The van der Waals surface area contributed by atoms with Crippen LogP contribution < -0.4 is 5.11 Å². The molecule has 0 radical (unpaired) electrons. The van der Waals surface area contributed by atoms with Crippen molar-refractivity contribution in [3.63, 3.8) is 0 Å². The van der Waals surface area contributed by atoms with Crippen molar-refractivity contribution >= 4 is 17.9 Å². The number of carboxylic acids is 1. The van der Waals surface area contributed by atoms with Gasteiger partial charge < -0.3 is 28.6 Å². The van der Waals surface area contributed by atoms with E-state index >= 15 is 0 Å². The van der Waals surface area contributed by atoms with E-state index in [1.807, 2.05) is 12.2 Å². The number of quaternary nitrogens is 1. The van der Waals surface area contributed by atoms with Crippen LogP contribution in [-0.4, -0.2) is 75.5 Å². The first-order chi connectivity index (χ1) is 21.6. The highest BCUT2D eigenvalue weighted by atomic mass is 16.6. The van der Waals surface area contributed by atoms with Gasteiger partial charge in [0, 0.05) is 12.8 Å². The second-order valence-electron chi connectivity index (χ2n) is 11.6. The van der Waals surface area contributed by atoms with Crippen molar-refractivity contribution in [1.29, 1.82) is 0 Å². The van der Waals surface area contributed by atoms with Crippen LogP contribution in [-0.2, 0) is 28.6 Å². The number of likely N-dealkylation sites (N-methyl/N-ethyl adjacent to an activating group) is 1. The van der Waals surface area contributed by atoms with Gasteiger partial charge in [-0.3, -0.25) is 9.59 Å². The fourth-order valence-electron chi connectivity index (χ4n) is 4.09. The summed E-state index contributed by atoms with van der Waals surface area (Å²) in [7, 11) is 5.33. The molecule has 0 N–H and O–H groups in total. The average Bonchev–Trinajstić information content (AvgIpc) is 2.98. The van der Waals surface area contributed by atoms with E-state index in [4.69, 9.17) is 14.2 Å². The summed E-state index contributed by atoms with van der Waals surface area (Å²) >= 11 is 0. The zero-order chi connectivity index (χ0) is 33.6. The first kappa shape index (κ1) is 41.8. The van der Waals surface area contributed by atoms with E-state index in [0.29, 0.717) is 12.8 Å². The number of hydrogen-bond donors (Lipinski definition) is 0. The number of esters is 2. The molecular formula is C37H59NO7. The van der Waals surface area contributed by atoms with Crippen LogP contribution in [0.25, 0.3) is 0 Å². The minimum absolute atomic E-state index is 0.0121. The first-order valence-electron chi connectivity index (χ1n) is 16.5. The minimum Gasteiger partial charge on any atom is -0.544 e. The normalized spacial score (nSPS) is 14.1. The van der Waals surface area contributed by atoms with E-state index in [1.54, 1.807) is 27.2 Å². The summed E-state index contributed by atoms with van der Waals surface area (Å²) in [5.41, 5.74) is 0. The van der Waals surface area contributed by atoms with Crippen molar-refractivity contribution < 1.29 is 38.2 Å². The zero-order valence-electron chi connectivity index (χ0n) is 28.5. The monoisotopic (exact) mass is 629 g/mol. The third-order valence-electron chi connectivity index (χ3n) is 6.62. The number of rotatable bonds is 27. The van der Waals surface area contributed by atoms with Crippen LogP contribution in [0.3, 0.4) is 0 Å². The van der Waals surface area contributed by atoms with Gasteiger partial charge in [-0.1, -0.05) is 86.8 Å². The van der Waals surface area contributed by atoms with Gasteiger partial charge in [0.25, 0.3) is 0 Å². The third kappa shape index (κ3) is 26.9. The van der Waals surface area contributed by atoms with Crippen LogP contribution in [0.5, 0.6) is 0 Å². The Morgan fingerprint density at radius 2 is 1.22 bits per heavy atom. The molecular weight excluding hydrogens is 570 g/mol. The smallest absolute Gasteiger partial charge is 0.310 e. The Morgan fingerprint density at radius 3 is 1.76 bits per heavy atom. The van der Waals surface area contributed by atoms with E-state index in [1.165, 1.54) is 0 Å². The number of allylic oxidation sites excluding steroid dienone is 11. The molecule has 0 aromatic carbocycles. The Bertz CT molecular complexity index is 970. The molecule has 2 atom stereocenters. The maximum Gasteiger partial charge on any atom is 0.310 e. The summed E-state index contributed by atoms with van der Waals surface area (Å²) in [6.45, 7) is 4.21. The summed E-state index contributed by atoms with van der Waals surface area (Å²) in [5, 5.41) is 11.5. The van der Waals surface area contributed by atoms with Crippen LogP contribution in [0.4, 0.5) is 0 Å². The van der Waals surface area contributed by atoms with Crippen molar-refractivity contribution in [3.8, 4) is 0 Å². The second-order valence-corrected chi connectivity index (χ2v) is 11.6. The molecule has 0 bridgehead atoms. The van der Waals surface area contributed by atoms with Gasteiger partial charge in [0.15, 0.2) is 6.10 Å². The van der Waals surface area contributed by atoms with Crippen molar-refractivity contribution in [2.24, 2.45) is 0 Å². The van der Waals surface area contributed by atoms with Crippen LogP contribution >= 0.6 is 0 Å². The molecule has 0 aliphatic carbocycles. The Hall–Kier alpha value is -3.23. The van der Waals surface area contributed by atoms with Crippen LogP contribution in [0.2, 0.25) is 0 Å². The lowest BCUT2D eigenvalue weighted by atomic mass is 10.1. The fraction of sp³-hybridized carbons (Fsp3) is 0.595. The molecule has 0 spiro atoms. The SMILES string of the molecule is CC/C=C/C/C=C/C/C=C/CCCCC(=O)OCC(COCCC(C(=O)[O-])[N+](C)(C)C)OC(=O)C/C=C/C/C=C/C/C=C/CC. The Balaban J connectivity index is 4.67. The van der Waals surface area contributed by atoms with Crippen molar-refractivity contribution in [2.75, 3.05) is 41.0 Å². The summed E-state index contributed by atoms with van der Waals surface area (Å²) in [5.74, 6) is -1.96. The zero-order valence-corrected chi connectivity index (χ0v) is 28.5. The Labute approximate surface area is 272 Å². The molecule has 45 heavy (non-hydrogen) atoms. The molecule has 0 saturated heterocycles. The summed E-state index contributed by atoms with van der Waals surface area (Å²) in [4.78, 5) is 36.3. The molecule has 8 heteroatoms. The molecule has 0 heterocycles. The van der Waals surface area contributed by atoms with E-state index in [2.05, 4.69) is 68.5 Å². The van der Waals surface area contributed by atoms with E-state index in [9.17, 15) is 19.5 Å². The molecule has 0 aliphatic heterocycles. The molecule has 0 aliphatic rings. The van der Waals surface area contributed by atoms with Crippen LogP contribution in [0.1, 0.15) is 90.9 Å². The Morgan fingerprint density at radius 1 is 0.689 bits per heavy atom. The molecule has 0 aromatic heterocycles. The van der Waals surface area contributed by atoms with Gasteiger partial charge in [0.05, 0.1) is 46.7 Å².